The van der Waals surface area contributed by atoms with E-state index in [-0.39, 0.29) is 11.1 Å². The predicted octanol–water partition coefficient (Wildman–Crippen LogP) is 8.50. The van der Waals surface area contributed by atoms with Crippen LogP contribution in [0.25, 0.3) is 22.8 Å². The first-order valence-corrected chi connectivity index (χ1v) is 11.0. The van der Waals surface area contributed by atoms with Crippen molar-refractivity contribution in [3.63, 3.8) is 0 Å². The molecule has 0 N–H and O–H groups in total. The van der Waals surface area contributed by atoms with Crippen molar-refractivity contribution in [3.8, 4) is 16.9 Å². The van der Waals surface area contributed by atoms with Gasteiger partial charge >= 0.3 is 6.36 Å². The summed E-state index contributed by atoms with van der Waals surface area (Å²) < 4.78 is 85.4. The molecule has 0 heterocycles. The Morgan fingerprint density at radius 1 is 0.853 bits per heavy atom. The molecule has 7 heteroatoms. The first-order valence-electron chi connectivity index (χ1n) is 11.0. The van der Waals surface area contributed by atoms with E-state index in [0.717, 1.165) is 30.5 Å². The van der Waals surface area contributed by atoms with Gasteiger partial charge in [0.05, 0.1) is 0 Å². The number of rotatable bonds is 6. The van der Waals surface area contributed by atoms with Crippen LogP contribution in [0.5, 0.6) is 5.75 Å². The number of ether oxygens (including phenoxy) is 1. The maximum absolute atomic E-state index is 14.9. The number of hydrogen-bond donors (Lipinski definition) is 0. The summed E-state index contributed by atoms with van der Waals surface area (Å²) in [5.74, 6) is -2.23. The van der Waals surface area contributed by atoms with Gasteiger partial charge in [0.2, 0.25) is 0 Å². The quantitative estimate of drug-likeness (QED) is 0.324. The highest BCUT2D eigenvalue weighted by molar-refractivity contribution is 5.86. The highest BCUT2D eigenvalue weighted by Crippen LogP contribution is 2.37. The van der Waals surface area contributed by atoms with Gasteiger partial charge in [-0.2, -0.15) is 0 Å². The Kier molecular flexibility index (Phi) is 6.73. The minimum atomic E-state index is -4.81. The number of aryl methyl sites for hydroxylation is 2. The highest BCUT2D eigenvalue weighted by Gasteiger charge is 2.31. The van der Waals surface area contributed by atoms with Gasteiger partial charge in [0, 0.05) is 11.1 Å². The number of alkyl halides is 3. The molecule has 0 saturated heterocycles. The van der Waals surface area contributed by atoms with Gasteiger partial charge in [-0.05, 0) is 89.9 Å². The van der Waals surface area contributed by atoms with Crippen LogP contribution in [-0.2, 0) is 12.8 Å². The van der Waals surface area contributed by atoms with Crippen molar-refractivity contribution in [1.82, 2.24) is 0 Å². The second kappa shape index (κ2) is 9.57. The molecule has 0 atom stereocenters. The summed E-state index contributed by atoms with van der Waals surface area (Å²) in [6.07, 6.45) is -0.0287. The van der Waals surface area contributed by atoms with Crippen LogP contribution in [0, 0.1) is 17.5 Å². The Bertz CT molecular complexity index is 1200. The van der Waals surface area contributed by atoms with E-state index in [1.54, 1.807) is 12.1 Å². The Balaban J connectivity index is 1.63. The SMILES string of the molecule is CCCCc1cc(F)c(C2=Cc3cc(F)c(-c4ccc(OC(F)(F)F)cc4)cc3CC2)c(F)c1. The molecule has 0 unspecified atom stereocenters. The van der Waals surface area contributed by atoms with Crippen molar-refractivity contribution in [2.45, 2.75) is 45.4 Å². The lowest BCUT2D eigenvalue weighted by atomic mass is 9.86. The average molecular weight is 476 g/mol. The molecular weight excluding hydrogens is 454 g/mol. The third-order valence-electron chi connectivity index (χ3n) is 5.86. The van der Waals surface area contributed by atoms with Gasteiger partial charge in [-0.1, -0.05) is 31.6 Å². The minimum absolute atomic E-state index is 0.0874. The van der Waals surface area contributed by atoms with E-state index >= 15 is 0 Å². The summed E-state index contributed by atoms with van der Waals surface area (Å²) in [6, 6.07) is 10.6. The summed E-state index contributed by atoms with van der Waals surface area (Å²) in [6.45, 7) is 2.01. The van der Waals surface area contributed by atoms with E-state index in [0.29, 0.717) is 41.5 Å². The lowest BCUT2D eigenvalue weighted by Crippen LogP contribution is -2.16. The molecule has 4 rings (SSSR count). The highest BCUT2D eigenvalue weighted by atomic mass is 19.4. The van der Waals surface area contributed by atoms with Gasteiger partial charge in [-0.25, -0.2) is 13.2 Å². The van der Waals surface area contributed by atoms with Gasteiger partial charge in [0.1, 0.15) is 23.2 Å². The second-order valence-electron chi connectivity index (χ2n) is 8.31. The molecule has 0 spiro atoms. The molecule has 0 aromatic heterocycles. The molecule has 0 fully saturated rings. The Morgan fingerprint density at radius 3 is 2.15 bits per heavy atom. The first-order chi connectivity index (χ1) is 16.1. The molecule has 34 heavy (non-hydrogen) atoms. The monoisotopic (exact) mass is 476 g/mol. The summed E-state index contributed by atoms with van der Waals surface area (Å²) in [5.41, 5.74) is 2.92. The Labute approximate surface area is 193 Å². The Hall–Kier alpha value is -3.22. The molecule has 3 aromatic carbocycles. The zero-order valence-corrected chi connectivity index (χ0v) is 18.4. The van der Waals surface area contributed by atoms with Gasteiger partial charge in [0.15, 0.2) is 0 Å². The summed E-state index contributed by atoms with van der Waals surface area (Å²) in [5, 5.41) is 0. The van der Waals surface area contributed by atoms with Crippen LogP contribution in [0.1, 0.15) is 48.4 Å². The molecule has 3 aromatic rings. The lowest BCUT2D eigenvalue weighted by Gasteiger charge is -2.20. The van der Waals surface area contributed by atoms with Crippen LogP contribution >= 0.6 is 0 Å². The number of benzene rings is 3. The van der Waals surface area contributed by atoms with Crippen LogP contribution in [0.2, 0.25) is 0 Å². The minimum Gasteiger partial charge on any atom is -0.406 e. The van der Waals surface area contributed by atoms with E-state index in [1.165, 1.54) is 30.3 Å². The first kappa shape index (κ1) is 23.9. The van der Waals surface area contributed by atoms with Crippen LogP contribution in [0.3, 0.4) is 0 Å². The Morgan fingerprint density at radius 2 is 1.53 bits per heavy atom. The van der Waals surface area contributed by atoms with Crippen LogP contribution in [-0.4, -0.2) is 6.36 Å². The average Bonchev–Trinajstić information content (AvgIpc) is 2.76. The molecule has 0 radical (unpaired) electrons. The van der Waals surface area contributed by atoms with Gasteiger partial charge in [-0.15, -0.1) is 13.2 Å². The van der Waals surface area contributed by atoms with Crippen molar-refractivity contribution in [3.05, 3.63) is 88.2 Å². The van der Waals surface area contributed by atoms with E-state index in [1.807, 2.05) is 6.92 Å². The number of allylic oxidation sites excluding steroid dienone is 1. The van der Waals surface area contributed by atoms with Gasteiger partial charge < -0.3 is 4.74 Å². The molecule has 1 aliphatic carbocycles. The maximum Gasteiger partial charge on any atom is 0.573 e. The van der Waals surface area contributed by atoms with Crippen molar-refractivity contribution < 1.29 is 31.1 Å². The fourth-order valence-electron chi connectivity index (χ4n) is 4.23. The number of halogens is 6. The topological polar surface area (TPSA) is 9.23 Å². The molecule has 1 nitrogen and oxygen atoms in total. The zero-order valence-electron chi connectivity index (χ0n) is 18.4. The predicted molar refractivity (Wildman–Crippen MR) is 120 cm³/mol. The van der Waals surface area contributed by atoms with Gasteiger partial charge in [0.25, 0.3) is 0 Å². The normalized spacial score (nSPS) is 13.4. The smallest absolute Gasteiger partial charge is 0.406 e. The molecule has 0 aliphatic heterocycles. The molecular formula is C27H22F6O. The third kappa shape index (κ3) is 5.29. The van der Waals surface area contributed by atoms with E-state index < -0.39 is 29.6 Å². The zero-order chi connectivity index (χ0) is 24.5. The van der Waals surface area contributed by atoms with E-state index in [2.05, 4.69) is 4.74 Å². The number of fused-ring (bicyclic) bond motifs is 1. The standard InChI is InChI=1S/C27H22F6O/c1-2-3-4-16-11-24(29)26(25(30)12-16)19-6-5-18-14-22(23(28)15-20(18)13-19)17-7-9-21(10-8-17)34-27(31,32)33/h7-15H,2-6H2,1H3. The maximum atomic E-state index is 14.9. The van der Waals surface area contributed by atoms with Crippen molar-refractivity contribution >= 4 is 11.6 Å². The summed E-state index contributed by atoms with van der Waals surface area (Å²) in [7, 11) is 0. The lowest BCUT2D eigenvalue weighted by molar-refractivity contribution is -0.274. The number of hydrogen-bond acceptors (Lipinski definition) is 1. The molecule has 0 amide bonds. The molecule has 0 bridgehead atoms. The van der Waals surface area contributed by atoms with Crippen molar-refractivity contribution in [1.29, 1.82) is 0 Å². The van der Waals surface area contributed by atoms with Gasteiger partial charge in [-0.3, -0.25) is 0 Å². The van der Waals surface area contributed by atoms with E-state index in [9.17, 15) is 26.3 Å². The fourth-order valence-corrected chi connectivity index (χ4v) is 4.23. The number of unbranched alkanes of at least 4 members (excludes halogenated alkanes) is 1. The summed E-state index contributed by atoms with van der Waals surface area (Å²) >= 11 is 0. The second-order valence-corrected chi connectivity index (χ2v) is 8.31. The van der Waals surface area contributed by atoms with Crippen molar-refractivity contribution in [2.75, 3.05) is 0 Å². The molecule has 1 aliphatic rings. The summed E-state index contributed by atoms with van der Waals surface area (Å²) in [4.78, 5) is 0. The van der Waals surface area contributed by atoms with Crippen LogP contribution in [0.15, 0.2) is 48.5 Å². The molecule has 178 valence electrons. The largest absolute Gasteiger partial charge is 0.573 e. The van der Waals surface area contributed by atoms with E-state index in [4.69, 9.17) is 0 Å². The molecule has 0 saturated carbocycles. The van der Waals surface area contributed by atoms with Crippen LogP contribution < -0.4 is 4.74 Å². The third-order valence-corrected chi connectivity index (χ3v) is 5.86. The van der Waals surface area contributed by atoms with Crippen molar-refractivity contribution in [2.24, 2.45) is 0 Å². The fraction of sp³-hybridized carbons (Fsp3) is 0.259. The van der Waals surface area contributed by atoms with Crippen LogP contribution in [0.4, 0.5) is 26.3 Å².